The van der Waals surface area contributed by atoms with Gasteiger partial charge in [0.15, 0.2) is 5.13 Å². The number of anilines is 1. The zero-order valence-electron chi connectivity index (χ0n) is 16.2. The molecule has 0 saturated heterocycles. The van der Waals surface area contributed by atoms with Gasteiger partial charge >= 0.3 is 0 Å². The van der Waals surface area contributed by atoms with Crippen LogP contribution in [0.3, 0.4) is 0 Å². The van der Waals surface area contributed by atoms with Crippen LogP contribution in [-0.4, -0.2) is 22.0 Å². The fourth-order valence-corrected chi connectivity index (χ4v) is 4.81. The summed E-state index contributed by atoms with van der Waals surface area (Å²) in [5.41, 5.74) is 2.82. The van der Waals surface area contributed by atoms with Gasteiger partial charge in [-0.15, -0.1) is 11.3 Å². The zero-order chi connectivity index (χ0) is 19.5. The molecule has 2 atom stereocenters. The fraction of sp³-hybridized carbons (Fsp3) is 0.409. The Kier molecular flexibility index (Phi) is 5.57. The van der Waals surface area contributed by atoms with Crippen LogP contribution in [-0.2, 0) is 4.74 Å². The van der Waals surface area contributed by atoms with Crippen molar-refractivity contribution in [1.82, 2.24) is 9.97 Å². The summed E-state index contributed by atoms with van der Waals surface area (Å²) >= 11 is 1.46. The van der Waals surface area contributed by atoms with Crippen LogP contribution in [0.4, 0.5) is 5.13 Å². The number of carbonyl (C=O) groups is 1. The summed E-state index contributed by atoms with van der Waals surface area (Å²) < 4.78 is 6.19. The summed E-state index contributed by atoms with van der Waals surface area (Å²) in [5.74, 6) is 1.33. The molecular formula is C22H25N3O2S. The Bertz CT molecular complexity index is 898. The van der Waals surface area contributed by atoms with Crippen LogP contribution in [0.2, 0.25) is 0 Å². The molecule has 1 N–H and O–H groups in total. The van der Waals surface area contributed by atoms with Gasteiger partial charge in [0.25, 0.3) is 5.91 Å². The van der Waals surface area contributed by atoms with Crippen LogP contribution in [0.1, 0.15) is 61.5 Å². The Labute approximate surface area is 169 Å². The van der Waals surface area contributed by atoms with Gasteiger partial charge in [-0.3, -0.25) is 15.1 Å². The van der Waals surface area contributed by atoms with Gasteiger partial charge in [-0.1, -0.05) is 12.5 Å². The van der Waals surface area contributed by atoms with Crippen molar-refractivity contribution in [1.29, 1.82) is 0 Å². The summed E-state index contributed by atoms with van der Waals surface area (Å²) in [6.45, 7) is 4.34. The van der Waals surface area contributed by atoms with Crippen molar-refractivity contribution < 1.29 is 9.53 Å². The van der Waals surface area contributed by atoms with Crippen molar-refractivity contribution in [3.05, 3.63) is 64.6 Å². The van der Waals surface area contributed by atoms with Gasteiger partial charge in [0, 0.05) is 29.3 Å². The highest BCUT2D eigenvalue weighted by Gasteiger charge is 2.28. The number of nitrogens with one attached hydrogen (secondary N) is 1. The first-order valence-corrected chi connectivity index (χ1v) is 10.7. The van der Waals surface area contributed by atoms with Gasteiger partial charge in [0.1, 0.15) is 5.76 Å². The zero-order valence-corrected chi connectivity index (χ0v) is 17.0. The Hall–Kier alpha value is -2.47. The minimum absolute atomic E-state index is 0.167. The van der Waals surface area contributed by atoms with Gasteiger partial charge in [-0.25, -0.2) is 4.98 Å². The number of allylic oxidation sites excluding steroid dienone is 3. The lowest BCUT2D eigenvalue weighted by Gasteiger charge is -2.27. The van der Waals surface area contributed by atoms with E-state index in [0.717, 1.165) is 24.3 Å². The number of rotatable bonds is 5. The van der Waals surface area contributed by atoms with Crippen molar-refractivity contribution in [2.75, 3.05) is 5.32 Å². The van der Waals surface area contributed by atoms with E-state index in [4.69, 9.17) is 4.74 Å². The minimum Gasteiger partial charge on any atom is -0.491 e. The molecule has 2 aliphatic rings. The van der Waals surface area contributed by atoms with Crippen molar-refractivity contribution >= 4 is 22.4 Å². The number of hydrogen-bond donors (Lipinski definition) is 1. The molecule has 146 valence electrons. The quantitative estimate of drug-likeness (QED) is 0.745. The lowest BCUT2D eigenvalue weighted by atomic mass is 9.81. The molecule has 1 amide bonds. The Morgan fingerprint density at radius 3 is 2.71 bits per heavy atom. The van der Waals surface area contributed by atoms with Crippen molar-refractivity contribution in [2.45, 2.75) is 51.6 Å². The van der Waals surface area contributed by atoms with E-state index in [1.165, 1.54) is 29.8 Å². The SMILES string of the molecule is CC1=CC(OC2CCCC2)=CC(C)C1c1csc(NC(=O)c2ccncc2)n1. The van der Waals surface area contributed by atoms with Gasteiger partial charge in [-0.2, -0.15) is 0 Å². The van der Waals surface area contributed by atoms with E-state index in [-0.39, 0.29) is 11.8 Å². The molecule has 0 spiro atoms. The second-order valence-corrected chi connectivity index (χ2v) is 8.44. The molecule has 2 aromatic rings. The molecule has 1 saturated carbocycles. The predicted molar refractivity (Wildman–Crippen MR) is 111 cm³/mol. The number of carbonyl (C=O) groups excluding carboxylic acids is 1. The molecule has 2 aliphatic carbocycles. The molecule has 2 heterocycles. The minimum atomic E-state index is -0.167. The number of hydrogen-bond acceptors (Lipinski definition) is 5. The van der Waals surface area contributed by atoms with E-state index < -0.39 is 0 Å². The smallest absolute Gasteiger partial charge is 0.257 e. The van der Waals surface area contributed by atoms with Crippen molar-refractivity contribution in [2.24, 2.45) is 5.92 Å². The Morgan fingerprint density at radius 1 is 1.25 bits per heavy atom. The summed E-state index contributed by atoms with van der Waals surface area (Å²) in [6.07, 6.45) is 12.8. The lowest BCUT2D eigenvalue weighted by Crippen LogP contribution is -2.17. The number of pyridine rings is 1. The lowest BCUT2D eigenvalue weighted by molar-refractivity contribution is 0.102. The normalized spacial score (nSPS) is 22.5. The number of nitrogens with zero attached hydrogens (tertiary/aromatic N) is 2. The Morgan fingerprint density at radius 2 is 2.00 bits per heavy atom. The van der Waals surface area contributed by atoms with E-state index in [1.54, 1.807) is 24.5 Å². The monoisotopic (exact) mass is 395 g/mol. The second kappa shape index (κ2) is 8.27. The van der Waals surface area contributed by atoms with E-state index in [0.29, 0.717) is 22.7 Å². The number of thiazole rings is 1. The van der Waals surface area contributed by atoms with Gasteiger partial charge in [-0.05, 0) is 62.8 Å². The second-order valence-electron chi connectivity index (χ2n) is 7.59. The summed E-state index contributed by atoms with van der Waals surface area (Å²) in [7, 11) is 0. The first kappa shape index (κ1) is 18.9. The van der Waals surface area contributed by atoms with Crippen LogP contribution in [0.15, 0.2) is 53.4 Å². The number of ether oxygens (including phenoxy) is 1. The third-order valence-electron chi connectivity index (χ3n) is 5.42. The molecule has 2 unspecified atom stereocenters. The molecule has 0 aliphatic heterocycles. The maximum atomic E-state index is 12.3. The molecular weight excluding hydrogens is 370 g/mol. The average molecular weight is 396 g/mol. The molecule has 4 rings (SSSR count). The molecule has 2 aromatic heterocycles. The van der Waals surface area contributed by atoms with Gasteiger partial charge in [0.2, 0.25) is 0 Å². The topological polar surface area (TPSA) is 64.1 Å². The predicted octanol–water partition coefficient (Wildman–Crippen LogP) is 5.31. The number of aromatic nitrogens is 2. The summed E-state index contributed by atoms with van der Waals surface area (Å²) in [5, 5.41) is 5.54. The highest BCUT2D eigenvalue weighted by atomic mass is 32.1. The third-order valence-corrected chi connectivity index (χ3v) is 6.20. The van der Waals surface area contributed by atoms with E-state index >= 15 is 0 Å². The van der Waals surface area contributed by atoms with E-state index in [9.17, 15) is 4.79 Å². The van der Waals surface area contributed by atoms with Crippen molar-refractivity contribution in [3.8, 4) is 0 Å². The van der Waals surface area contributed by atoms with E-state index in [1.807, 2.05) is 5.38 Å². The first-order valence-electron chi connectivity index (χ1n) is 9.83. The standard InChI is InChI=1S/C22H25N3O2S/c1-14-11-18(27-17-5-3-4-6-17)12-15(2)20(14)19-13-28-22(24-19)25-21(26)16-7-9-23-10-8-16/h7-14,17,20H,3-6H2,1-2H3,(H,24,25,26). The van der Waals surface area contributed by atoms with Crippen LogP contribution in [0, 0.1) is 5.92 Å². The van der Waals surface area contributed by atoms with Crippen LogP contribution in [0.25, 0.3) is 0 Å². The van der Waals surface area contributed by atoms with Crippen LogP contribution < -0.4 is 5.32 Å². The molecule has 0 aromatic carbocycles. The molecule has 28 heavy (non-hydrogen) atoms. The third kappa shape index (κ3) is 4.17. The maximum Gasteiger partial charge on any atom is 0.257 e. The van der Waals surface area contributed by atoms with E-state index in [2.05, 4.69) is 41.3 Å². The molecule has 6 heteroatoms. The fourth-order valence-electron chi connectivity index (χ4n) is 4.07. The summed E-state index contributed by atoms with van der Waals surface area (Å²) in [6, 6.07) is 3.38. The number of amides is 1. The summed E-state index contributed by atoms with van der Waals surface area (Å²) in [4.78, 5) is 21.0. The van der Waals surface area contributed by atoms with Crippen molar-refractivity contribution in [3.63, 3.8) is 0 Å². The highest BCUT2D eigenvalue weighted by molar-refractivity contribution is 7.14. The maximum absolute atomic E-state index is 12.3. The molecule has 0 radical (unpaired) electrons. The van der Waals surface area contributed by atoms with Crippen LogP contribution >= 0.6 is 11.3 Å². The Balaban J connectivity index is 1.44. The molecule has 5 nitrogen and oxygen atoms in total. The first-order chi connectivity index (χ1) is 13.6. The van der Waals surface area contributed by atoms with Gasteiger partial charge < -0.3 is 4.74 Å². The van der Waals surface area contributed by atoms with Gasteiger partial charge in [0.05, 0.1) is 11.8 Å². The van der Waals surface area contributed by atoms with Crippen LogP contribution in [0.5, 0.6) is 0 Å². The average Bonchev–Trinajstić information content (AvgIpc) is 3.34. The molecule has 1 fully saturated rings. The largest absolute Gasteiger partial charge is 0.491 e. The highest BCUT2D eigenvalue weighted by Crippen LogP contribution is 2.39. The molecule has 0 bridgehead atoms.